The van der Waals surface area contributed by atoms with Gasteiger partial charge < -0.3 is 15.8 Å². The molecule has 0 unspecified atom stereocenters. The predicted octanol–water partition coefficient (Wildman–Crippen LogP) is 0.990. The van der Waals surface area contributed by atoms with E-state index in [2.05, 4.69) is 15.5 Å². The summed E-state index contributed by atoms with van der Waals surface area (Å²) in [4.78, 5) is 11.1. The zero-order chi connectivity index (χ0) is 11.8. The van der Waals surface area contributed by atoms with Crippen molar-refractivity contribution in [3.8, 4) is 17.0 Å². The molecule has 2 heterocycles. The molecule has 2 aromatic rings. The predicted molar refractivity (Wildman–Crippen MR) is 62.6 cm³/mol. The van der Waals surface area contributed by atoms with Gasteiger partial charge in [-0.25, -0.2) is 0 Å². The molecule has 1 aromatic carbocycles. The highest BCUT2D eigenvalue weighted by molar-refractivity contribution is 5.95. The van der Waals surface area contributed by atoms with Gasteiger partial charge in [0.05, 0.1) is 11.4 Å². The van der Waals surface area contributed by atoms with Crippen LogP contribution in [0.15, 0.2) is 24.3 Å². The number of nitrogen functional groups attached to an aromatic ring is 1. The Hall–Kier alpha value is -2.50. The number of ether oxygens (including phenoxy) is 1. The summed E-state index contributed by atoms with van der Waals surface area (Å²) in [5.41, 5.74) is 7.94. The van der Waals surface area contributed by atoms with Crippen LogP contribution in [0.5, 0.6) is 5.75 Å². The number of anilines is 2. The molecule has 86 valence electrons. The summed E-state index contributed by atoms with van der Waals surface area (Å²) in [5, 5.41) is 9.41. The normalized spacial score (nSPS) is 13.8. The number of fused-ring (bicyclic) bond motifs is 1. The molecule has 6 nitrogen and oxygen atoms in total. The van der Waals surface area contributed by atoms with E-state index < -0.39 is 0 Å². The van der Waals surface area contributed by atoms with E-state index in [1.807, 2.05) is 12.1 Å². The molecule has 0 spiro atoms. The highest BCUT2D eigenvalue weighted by Gasteiger charge is 2.16. The van der Waals surface area contributed by atoms with Gasteiger partial charge >= 0.3 is 0 Å². The number of nitrogens with zero attached hydrogens (tertiary/aromatic N) is 1. The van der Waals surface area contributed by atoms with E-state index in [-0.39, 0.29) is 12.5 Å². The summed E-state index contributed by atoms with van der Waals surface area (Å²) in [5.74, 6) is 0.943. The van der Waals surface area contributed by atoms with Crippen molar-refractivity contribution < 1.29 is 9.53 Å². The number of nitrogens with two attached hydrogens (primary N) is 1. The number of aromatic nitrogens is 2. The SMILES string of the molecule is Nc1cc(-c2ccc3c(c2)OCC(=O)N3)[nH]n1. The van der Waals surface area contributed by atoms with Crippen LogP contribution in [0, 0.1) is 0 Å². The fourth-order valence-corrected chi connectivity index (χ4v) is 1.73. The number of benzene rings is 1. The van der Waals surface area contributed by atoms with E-state index >= 15 is 0 Å². The second-order valence-electron chi connectivity index (χ2n) is 3.75. The Kier molecular flexibility index (Phi) is 2.01. The second-order valence-corrected chi connectivity index (χ2v) is 3.75. The molecule has 4 N–H and O–H groups in total. The molecule has 0 aliphatic carbocycles. The smallest absolute Gasteiger partial charge is 0.262 e. The number of aromatic amines is 1. The van der Waals surface area contributed by atoms with Crippen molar-refractivity contribution >= 4 is 17.4 Å². The lowest BCUT2D eigenvalue weighted by Crippen LogP contribution is -2.25. The van der Waals surface area contributed by atoms with Gasteiger partial charge in [-0.3, -0.25) is 9.89 Å². The first-order chi connectivity index (χ1) is 8.22. The molecule has 1 aromatic heterocycles. The molecule has 6 heteroatoms. The van der Waals surface area contributed by atoms with Gasteiger partial charge in [0.15, 0.2) is 6.61 Å². The number of nitrogens with one attached hydrogen (secondary N) is 2. The number of rotatable bonds is 1. The van der Waals surface area contributed by atoms with E-state index in [9.17, 15) is 4.79 Å². The number of amides is 1. The first-order valence-corrected chi connectivity index (χ1v) is 5.10. The van der Waals surface area contributed by atoms with Gasteiger partial charge in [0, 0.05) is 11.6 Å². The Bertz CT molecular complexity index is 591. The quantitative estimate of drug-likeness (QED) is 0.681. The molecule has 1 aliphatic rings. The molecule has 0 radical (unpaired) electrons. The molecule has 1 aliphatic heterocycles. The molecule has 1 amide bonds. The minimum Gasteiger partial charge on any atom is -0.482 e. The molecule has 0 bridgehead atoms. The van der Waals surface area contributed by atoms with E-state index in [4.69, 9.17) is 10.5 Å². The van der Waals surface area contributed by atoms with Crippen molar-refractivity contribution in [3.63, 3.8) is 0 Å². The number of carbonyl (C=O) groups is 1. The average molecular weight is 230 g/mol. The van der Waals surface area contributed by atoms with Crippen LogP contribution >= 0.6 is 0 Å². The zero-order valence-electron chi connectivity index (χ0n) is 8.86. The molecule has 3 rings (SSSR count). The third-order valence-electron chi connectivity index (χ3n) is 2.52. The third kappa shape index (κ3) is 1.69. The monoisotopic (exact) mass is 230 g/mol. The Balaban J connectivity index is 2.01. The van der Waals surface area contributed by atoms with E-state index in [0.29, 0.717) is 17.3 Å². The van der Waals surface area contributed by atoms with Gasteiger partial charge in [0.2, 0.25) is 0 Å². The molecule has 0 fully saturated rings. The van der Waals surface area contributed by atoms with Crippen molar-refractivity contribution in [2.45, 2.75) is 0 Å². The van der Waals surface area contributed by atoms with Gasteiger partial charge in [0.1, 0.15) is 11.6 Å². The largest absolute Gasteiger partial charge is 0.482 e. The first-order valence-electron chi connectivity index (χ1n) is 5.10. The number of hydrogen-bond acceptors (Lipinski definition) is 4. The summed E-state index contributed by atoms with van der Waals surface area (Å²) in [7, 11) is 0. The maximum Gasteiger partial charge on any atom is 0.262 e. The topological polar surface area (TPSA) is 93.0 Å². The highest BCUT2D eigenvalue weighted by atomic mass is 16.5. The van der Waals surface area contributed by atoms with Crippen LogP contribution in [-0.4, -0.2) is 22.7 Å². The Morgan fingerprint density at radius 3 is 3.00 bits per heavy atom. The maximum atomic E-state index is 11.1. The Morgan fingerprint density at radius 2 is 2.24 bits per heavy atom. The molecule has 0 atom stereocenters. The van der Waals surface area contributed by atoms with Gasteiger partial charge in [-0.1, -0.05) is 6.07 Å². The fraction of sp³-hybridized carbons (Fsp3) is 0.0909. The molecular formula is C11H10N4O2. The van der Waals surface area contributed by atoms with Crippen molar-refractivity contribution in [3.05, 3.63) is 24.3 Å². The van der Waals surface area contributed by atoms with Crippen molar-refractivity contribution in [2.24, 2.45) is 0 Å². The lowest BCUT2D eigenvalue weighted by molar-refractivity contribution is -0.118. The maximum absolute atomic E-state index is 11.1. The zero-order valence-corrected chi connectivity index (χ0v) is 8.86. The number of carbonyl (C=O) groups excluding carboxylic acids is 1. The molecule has 0 saturated carbocycles. The van der Waals surface area contributed by atoms with Crippen molar-refractivity contribution in [1.29, 1.82) is 0 Å². The molecular weight excluding hydrogens is 220 g/mol. The van der Waals surface area contributed by atoms with Crippen LogP contribution in [0.2, 0.25) is 0 Å². The minimum atomic E-state index is -0.143. The van der Waals surface area contributed by atoms with Crippen molar-refractivity contribution in [2.75, 3.05) is 17.7 Å². The number of hydrogen-bond donors (Lipinski definition) is 3. The van der Waals surface area contributed by atoms with Crippen LogP contribution in [0.4, 0.5) is 11.5 Å². The fourth-order valence-electron chi connectivity index (χ4n) is 1.73. The summed E-state index contributed by atoms with van der Waals surface area (Å²) in [6.07, 6.45) is 0. The molecule has 0 saturated heterocycles. The van der Waals surface area contributed by atoms with Crippen LogP contribution < -0.4 is 15.8 Å². The lowest BCUT2D eigenvalue weighted by Gasteiger charge is -2.18. The van der Waals surface area contributed by atoms with E-state index in [0.717, 1.165) is 11.3 Å². The Labute approximate surface area is 96.8 Å². The first kappa shape index (κ1) is 9.71. The van der Waals surface area contributed by atoms with Crippen molar-refractivity contribution in [1.82, 2.24) is 10.2 Å². The van der Waals surface area contributed by atoms with E-state index in [1.54, 1.807) is 12.1 Å². The highest BCUT2D eigenvalue weighted by Crippen LogP contribution is 2.32. The summed E-state index contributed by atoms with van der Waals surface area (Å²) in [6.45, 7) is 0.0432. The molecule has 17 heavy (non-hydrogen) atoms. The van der Waals surface area contributed by atoms with Gasteiger partial charge in [-0.15, -0.1) is 0 Å². The summed E-state index contributed by atoms with van der Waals surface area (Å²) < 4.78 is 5.33. The lowest BCUT2D eigenvalue weighted by atomic mass is 10.1. The van der Waals surface area contributed by atoms with Crippen LogP contribution in [0.25, 0.3) is 11.3 Å². The third-order valence-corrected chi connectivity index (χ3v) is 2.52. The average Bonchev–Trinajstić information content (AvgIpc) is 2.75. The van der Waals surface area contributed by atoms with Crippen LogP contribution in [0.1, 0.15) is 0 Å². The van der Waals surface area contributed by atoms with E-state index in [1.165, 1.54) is 0 Å². The summed E-state index contributed by atoms with van der Waals surface area (Å²) in [6, 6.07) is 7.23. The minimum absolute atomic E-state index is 0.0432. The van der Waals surface area contributed by atoms with Crippen LogP contribution in [-0.2, 0) is 4.79 Å². The summed E-state index contributed by atoms with van der Waals surface area (Å²) >= 11 is 0. The number of H-pyrrole nitrogens is 1. The van der Waals surface area contributed by atoms with Crippen LogP contribution in [0.3, 0.4) is 0 Å². The van der Waals surface area contributed by atoms with Gasteiger partial charge in [-0.2, -0.15) is 5.10 Å². The van der Waals surface area contributed by atoms with Gasteiger partial charge in [-0.05, 0) is 12.1 Å². The second kappa shape index (κ2) is 3.51. The van der Waals surface area contributed by atoms with Gasteiger partial charge in [0.25, 0.3) is 5.91 Å². The standard InChI is InChI=1S/C11H10N4O2/c12-10-4-8(14-15-10)6-1-2-7-9(3-6)17-5-11(16)13-7/h1-4H,5H2,(H,13,16)(H3,12,14,15). The Morgan fingerprint density at radius 1 is 1.35 bits per heavy atom.